The van der Waals surface area contributed by atoms with Crippen LogP contribution in [-0.2, 0) is 6.42 Å². The number of hydrogen-bond donors (Lipinski definition) is 1. The van der Waals surface area contributed by atoms with Gasteiger partial charge < -0.3 is 14.3 Å². The first-order chi connectivity index (χ1) is 14.8. The van der Waals surface area contributed by atoms with Crippen LogP contribution in [0.4, 0.5) is 8.78 Å². The number of pyridine rings is 2. The summed E-state index contributed by atoms with van der Waals surface area (Å²) in [6, 6.07) is 7.42. The highest BCUT2D eigenvalue weighted by atomic mass is 19.2. The van der Waals surface area contributed by atoms with E-state index in [0.717, 1.165) is 29.6 Å². The number of amides is 1. The molecule has 1 amide bonds. The Balaban J connectivity index is 1.62. The molecule has 1 atom stereocenters. The lowest BCUT2D eigenvalue weighted by atomic mass is 9.86. The van der Waals surface area contributed by atoms with Gasteiger partial charge in [-0.25, -0.2) is 8.78 Å². The van der Waals surface area contributed by atoms with Gasteiger partial charge in [-0.05, 0) is 61.4 Å². The molecule has 5 rings (SSSR count). The van der Waals surface area contributed by atoms with Crippen molar-refractivity contribution in [2.45, 2.75) is 32.2 Å². The van der Waals surface area contributed by atoms with Gasteiger partial charge in [0.25, 0.3) is 11.5 Å². The molecule has 1 aliphatic carbocycles. The second-order valence-electron chi connectivity index (χ2n) is 8.19. The fourth-order valence-electron chi connectivity index (χ4n) is 4.72. The summed E-state index contributed by atoms with van der Waals surface area (Å²) >= 11 is 0. The van der Waals surface area contributed by atoms with Gasteiger partial charge in [0.1, 0.15) is 0 Å². The van der Waals surface area contributed by atoms with Gasteiger partial charge in [0.2, 0.25) is 0 Å². The Kier molecular flexibility index (Phi) is 4.43. The van der Waals surface area contributed by atoms with E-state index in [9.17, 15) is 18.4 Å². The number of nitrogens with one attached hydrogen (secondary N) is 1. The molecule has 7 heteroatoms. The van der Waals surface area contributed by atoms with Crippen LogP contribution < -0.4 is 5.56 Å². The second-order valence-corrected chi connectivity index (χ2v) is 8.19. The van der Waals surface area contributed by atoms with Gasteiger partial charge in [-0.3, -0.25) is 9.59 Å². The highest BCUT2D eigenvalue weighted by molar-refractivity contribution is 5.96. The molecule has 5 nitrogen and oxygen atoms in total. The van der Waals surface area contributed by atoms with Gasteiger partial charge in [0, 0.05) is 36.2 Å². The van der Waals surface area contributed by atoms with Gasteiger partial charge >= 0.3 is 0 Å². The van der Waals surface area contributed by atoms with Crippen LogP contribution in [0.15, 0.2) is 47.5 Å². The lowest BCUT2D eigenvalue weighted by Crippen LogP contribution is -2.34. The van der Waals surface area contributed by atoms with E-state index in [1.54, 1.807) is 18.1 Å². The standard InChI is InChI=1S/C24H21F2N3O2/c1-13-5-4-8-29-12-14(9-21(13)29)24(31)28(2)20-7-3-6-19-22(20)15-10-17(25)18(26)11-16(15)23(30)27-19/h4-5,8-12,20H,3,6-7H2,1-2H3,(H,27,30)/t20-/m1/s1. The predicted octanol–water partition coefficient (Wildman–Crippen LogP) is 4.52. The number of hydrogen-bond acceptors (Lipinski definition) is 2. The molecule has 1 aromatic carbocycles. The zero-order valence-corrected chi connectivity index (χ0v) is 17.2. The Morgan fingerprint density at radius 2 is 1.94 bits per heavy atom. The first-order valence-corrected chi connectivity index (χ1v) is 10.2. The molecule has 0 bridgehead atoms. The van der Waals surface area contributed by atoms with E-state index >= 15 is 0 Å². The van der Waals surface area contributed by atoms with E-state index in [4.69, 9.17) is 0 Å². The summed E-state index contributed by atoms with van der Waals surface area (Å²) < 4.78 is 29.8. The summed E-state index contributed by atoms with van der Waals surface area (Å²) in [6.45, 7) is 1.99. The molecule has 0 saturated heterocycles. The number of aromatic amines is 1. The third-order valence-electron chi connectivity index (χ3n) is 6.30. The fraction of sp³-hybridized carbons (Fsp3) is 0.250. The summed E-state index contributed by atoms with van der Waals surface area (Å²) in [4.78, 5) is 30.3. The predicted molar refractivity (Wildman–Crippen MR) is 114 cm³/mol. The monoisotopic (exact) mass is 421 g/mol. The van der Waals surface area contributed by atoms with Gasteiger partial charge in [-0.15, -0.1) is 0 Å². The SMILES string of the molecule is Cc1cccn2cc(C(=O)N(C)[C@@H]3CCCc4[nH]c(=O)c5cc(F)c(F)cc5c43)cc12. The molecule has 31 heavy (non-hydrogen) atoms. The summed E-state index contributed by atoms with van der Waals surface area (Å²) in [7, 11) is 1.72. The van der Waals surface area contributed by atoms with Crippen molar-refractivity contribution in [3.63, 3.8) is 0 Å². The highest BCUT2D eigenvalue weighted by Gasteiger charge is 2.31. The lowest BCUT2D eigenvalue weighted by Gasteiger charge is -2.34. The van der Waals surface area contributed by atoms with Crippen LogP contribution in [-0.4, -0.2) is 27.2 Å². The Morgan fingerprint density at radius 1 is 1.19 bits per heavy atom. The molecular formula is C24H21F2N3O2. The van der Waals surface area contributed by atoms with Crippen LogP contribution in [0.25, 0.3) is 16.3 Å². The smallest absolute Gasteiger partial charge is 0.256 e. The maximum atomic E-state index is 14.1. The van der Waals surface area contributed by atoms with Crippen LogP contribution in [0.3, 0.4) is 0 Å². The molecule has 0 radical (unpaired) electrons. The van der Waals surface area contributed by atoms with Crippen molar-refractivity contribution in [3.8, 4) is 0 Å². The molecule has 158 valence electrons. The molecule has 0 saturated carbocycles. The Bertz CT molecular complexity index is 1420. The molecule has 0 spiro atoms. The van der Waals surface area contributed by atoms with E-state index in [-0.39, 0.29) is 17.3 Å². The maximum Gasteiger partial charge on any atom is 0.256 e. The van der Waals surface area contributed by atoms with Gasteiger partial charge in [0.15, 0.2) is 11.6 Å². The van der Waals surface area contributed by atoms with E-state index in [1.165, 1.54) is 0 Å². The molecule has 0 aliphatic heterocycles. The van der Waals surface area contributed by atoms with Crippen molar-refractivity contribution < 1.29 is 13.6 Å². The Hall–Kier alpha value is -3.48. The molecule has 1 N–H and O–H groups in total. The summed E-state index contributed by atoms with van der Waals surface area (Å²) in [6.07, 6.45) is 5.75. The van der Waals surface area contributed by atoms with Crippen LogP contribution >= 0.6 is 0 Å². The minimum Gasteiger partial charge on any atom is -0.335 e. The lowest BCUT2D eigenvalue weighted by molar-refractivity contribution is 0.0716. The molecular weight excluding hydrogens is 400 g/mol. The number of benzene rings is 1. The fourth-order valence-corrected chi connectivity index (χ4v) is 4.72. The minimum absolute atomic E-state index is 0.0932. The summed E-state index contributed by atoms with van der Waals surface area (Å²) in [5.74, 6) is -2.23. The summed E-state index contributed by atoms with van der Waals surface area (Å²) in [5.41, 5.74) is 3.49. The normalized spacial score (nSPS) is 15.9. The van der Waals surface area contributed by atoms with Crippen LogP contribution in [0.2, 0.25) is 0 Å². The van der Waals surface area contributed by atoms with Crippen molar-refractivity contribution in [2.24, 2.45) is 0 Å². The first-order valence-electron chi connectivity index (χ1n) is 10.2. The quantitative estimate of drug-likeness (QED) is 0.518. The number of H-pyrrole nitrogens is 1. The second kappa shape index (κ2) is 7.04. The van der Waals surface area contributed by atoms with Crippen molar-refractivity contribution in [2.75, 3.05) is 7.05 Å². The van der Waals surface area contributed by atoms with Crippen molar-refractivity contribution in [1.82, 2.24) is 14.3 Å². The minimum atomic E-state index is -1.06. The van der Waals surface area contributed by atoms with Crippen molar-refractivity contribution >= 4 is 22.2 Å². The highest BCUT2D eigenvalue weighted by Crippen LogP contribution is 2.37. The third kappa shape index (κ3) is 3.03. The molecule has 0 unspecified atom stereocenters. The average Bonchev–Trinajstić information content (AvgIpc) is 3.19. The Morgan fingerprint density at radius 3 is 2.68 bits per heavy atom. The number of fused-ring (bicyclic) bond motifs is 4. The van der Waals surface area contributed by atoms with Crippen LogP contribution in [0.1, 0.15) is 46.1 Å². The zero-order chi connectivity index (χ0) is 21.9. The van der Waals surface area contributed by atoms with E-state index in [2.05, 4.69) is 4.98 Å². The maximum absolute atomic E-state index is 14.1. The number of rotatable bonds is 2. The molecule has 4 aromatic rings. The Labute approximate surface area is 176 Å². The topological polar surface area (TPSA) is 57.6 Å². The number of aryl methyl sites for hydroxylation is 2. The van der Waals surface area contributed by atoms with Gasteiger partial charge in [-0.1, -0.05) is 6.07 Å². The van der Waals surface area contributed by atoms with Crippen molar-refractivity contribution in [3.05, 3.63) is 87.1 Å². The number of carbonyl (C=O) groups excluding carboxylic acids is 1. The zero-order valence-electron chi connectivity index (χ0n) is 17.2. The van der Waals surface area contributed by atoms with Crippen LogP contribution in [0, 0.1) is 18.6 Å². The third-order valence-corrected chi connectivity index (χ3v) is 6.30. The summed E-state index contributed by atoms with van der Waals surface area (Å²) in [5, 5.41) is 0.454. The molecule has 1 aliphatic rings. The molecule has 0 fully saturated rings. The van der Waals surface area contributed by atoms with E-state index in [1.807, 2.05) is 35.7 Å². The molecule has 3 heterocycles. The largest absolute Gasteiger partial charge is 0.335 e. The molecule has 3 aromatic heterocycles. The number of carbonyl (C=O) groups is 1. The van der Waals surface area contributed by atoms with E-state index < -0.39 is 17.2 Å². The van der Waals surface area contributed by atoms with Crippen molar-refractivity contribution in [1.29, 1.82) is 0 Å². The first kappa shape index (κ1) is 19.5. The van der Waals surface area contributed by atoms with E-state index in [0.29, 0.717) is 35.0 Å². The van der Waals surface area contributed by atoms with Crippen LogP contribution in [0.5, 0.6) is 0 Å². The number of aromatic nitrogens is 2. The van der Waals surface area contributed by atoms with Gasteiger partial charge in [0.05, 0.1) is 17.0 Å². The van der Waals surface area contributed by atoms with Gasteiger partial charge in [-0.2, -0.15) is 0 Å². The average molecular weight is 421 g/mol. The number of nitrogens with zero attached hydrogens (tertiary/aromatic N) is 2. The number of halogens is 2.